The first-order chi connectivity index (χ1) is 7.16. The van der Waals surface area contributed by atoms with Crippen molar-refractivity contribution < 1.29 is 8.78 Å². The van der Waals surface area contributed by atoms with Crippen LogP contribution in [0.4, 0.5) is 8.78 Å². The molecule has 0 saturated heterocycles. The summed E-state index contributed by atoms with van der Waals surface area (Å²) in [6.07, 6.45) is 0.612. The van der Waals surface area contributed by atoms with E-state index in [-0.39, 0.29) is 12.0 Å². The van der Waals surface area contributed by atoms with Crippen LogP contribution >= 0.6 is 0 Å². The van der Waals surface area contributed by atoms with Gasteiger partial charge in [0.05, 0.1) is 6.04 Å². The third kappa shape index (κ3) is 2.06. The van der Waals surface area contributed by atoms with Gasteiger partial charge in [0.1, 0.15) is 11.6 Å². The van der Waals surface area contributed by atoms with Crippen LogP contribution < -0.4 is 11.1 Å². The maximum atomic E-state index is 13.4. The lowest BCUT2D eigenvalue weighted by molar-refractivity contribution is 0.513. The molecule has 1 aliphatic heterocycles. The second-order valence-electron chi connectivity index (χ2n) is 3.42. The summed E-state index contributed by atoms with van der Waals surface area (Å²) in [7, 11) is 0. The van der Waals surface area contributed by atoms with Crippen molar-refractivity contribution in [2.75, 3.05) is 6.54 Å². The minimum atomic E-state index is -0.450. The van der Waals surface area contributed by atoms with Crippen molar-refractivity contribution >= 4 is 5.96 Å². The van der Waals surface area contributed by atoms with Crippen molar-refractivity contribution in [2.24, 2.45) is 10.7 Å². The lowest BCUT2D eigenvalue weighted by atomic mass is 10.0. The summed E-state index contributed by atoms with van der Waals surface area (Å²) in [4.78, 5) is 3.92. The number of nitrogens with two attached hydrogens (primary N) is 1. The Kier molecular flexibility index (Phi) is 2.53. The number of nitrogens with one attached hydrogen (secondary N) is 1. The molecule has 0 aliphatic carbocycles. The summed E-state index contributed by atoms with van der Waals surface area (Å²) < 4.78 is 26.3. The van der Waals surface area contributed by atoms with Gasteiger partial charge in [0.15, 0.2) is 5.96 Å². The zero-order valence-electron chi connectivity index (χ0n) is 8.00. The van der Waals surface area contributed by atoms with Crippen molar-refractivity contribution in [1.82, 2.24) is 5.32 Å². The Bertz CT molecular complexity index is 404. The summed E-state index contributed by atoms with van der Waals surface area (Å²) in [5.74, 6) is -0.604. The van der Waals surface area contributed by atoms with Crippen LogP contribution in [-0.4, -0.2) is 12.5 Å². The largest absolute Gasteiger partial charge is 0.370 e. The molecule has 1 atom stereocenters. The van der Waals surface area contributed by atoms with Crippen LogP contribution in [0.2, 0.25) is 0 Å². The number of aliphatic imine (C=N–C) groups is 1. The minimum absolute atomic E-state index is 0.273. The van der Waals surface area contributed by atoms with E-state index in [9.17, 15) is 8.78 Å². The van der Waals surface area contributed by atoms with Gasteiger partial charge in [-0.25, -0.2) is 8.78 Å². The first-order valence-electron chi connectivity index (χ1n) is 4.68. The molecule has 1 aromatic rings. The molecule has 0 bridgehead atoms. The summed E-state index contributed by atoms with van der Waals surface area (Å²) in [5.41, 5.74) is 5.77. The van der Waals surface area contributed by atoms with E-state index in [4.69, 9.17) is 5.73 Å². The number of hydrogen-bond donors (Lipinski definition) is 2. The van der Waals surface area contributed by atoms with Crippen molar-refractivity contribution in [1.29, 1.82) is 0 Å². The molecule has 0 amide bonds. The molecule has 1 heterocycles. The van der Waals surface area contributed by atoms with Crippen molar-refractivity contribution in [2.45, 2.75) is 12.5 Å². The second-order valence-corrected chi connectivity index (χ2v) is 3.42. The van der Waals surface area contributed by atoms with E-state index in [1.165, 1.54) is 6.07 Å². The molecule has 3 N–H and O–H groups in total. The molecule has 0 spiro atoms. The molecule has 0 radical (unpaired) electrons. The summed E-state index contributed by atoms with van der Waals surface area (Å²) in [6.45, 7) is 0.527. The Hall–Kier alpha value is -1.65. The first-order valence-corrected chi connectivity index (χ1v) is 4.68. The van der Waals surface area contributed by atoms with E-state index < -0.39 is 11.6 Å². The summed E-state index contributed by atoms with van der Waals surface area (Å²) in [5, 5.41) is 2.82. The van der Waals surface area contributed by atoms with E-state index in [0.717, 1.165) is 12.1 Å². The zero-order chi connectivity index (χ0) is 10.8. The highest BCUT2D eigenvalue weighted by atomic mass is 19.1. The number of hydrogen-bond acceptors (Lipinski definition) is 3. The van der Waals surface area contributed by atoms with Crippen molar-refractivity contribution in [3.05, 3.63) is 35.4 Å². The van der Waals surface area contributed by atoms with Crippen LogP contribution in [-0.2, 0) is 0 Å². The molecule has 2 rings (SSSR count). The molecule has 5 heteroatoms. The van der Waals surface area contributed by atoms with Gasteiger partial charge < -0.3 is 11.1 Å². The first kappa shape index (κ1) is 9.89. The Balaban J connectivity index is 2.29. The van der Waals surface area contributed by atoms with Crippen LogP contribution in [0.3, 0.4) is 0 Å². The molecule has 0 fully saturated rings. The molecule has 80 valence electrons. The van der Waals surface area contributed by atoms with Gasteiger partial charge in [-0.2, -0.15) is 0 Å². The highest BCUT2D eigenvalue weighted by Crippen LogP contribution is 2.22. The average Bonchev–Trinajstić information content (AvgIpc) is 2.22. The van der Waals surface area contributed by atoms with Crippen LogP contribution in [0.15, 0.2) is 23.2 Å². The topological polar surface area (TPSA) is 50.4 Å². The monoisotopic (exact) mass is 211 g/mol. The van der Waals surface area contributed by atoms with Gasteiger partial charge in [0.2, 0.25) is 0 Å². The van der Waals surface area contributed by atoms with Gasteiger partial charge in [-0.1, -0.05) is 0 Å². The van der Waals surface area contributed by atoms with Gasteiger partial charge >= 0.3 is 0 Å². The number of rotatable bonds is 1. The third-order valence-electron chi connectivity index (χ3n) is 2.36. The van der Waals surface area contributed by atoms with Crippen LogP contribution in [0.5, 0.6) is 0 Å². The van der Waals surface area contributed by atoms with Crippen LogP contribution in [0.1, 0.15) is 18.0 Å². The minimum Gasteiger partial charge on any atom is -0.370 e. The second kappa shape index (κ2) is 3.84. The molecule has 0 saturated carbocycles. The lowest BCUT2D eigenvalue weighted by Gasteiger charge is -2.23. The Morgan fingerprint density at radius 1 is 1.40 bits per heavy atom. The van der Waals surface area contributed by atoms with Gasteiger partial charge in [0.25, 0.3) is 0 Å². The van der Waals surface area contributed by atoms with Crippen LogP contribution in [0, 0.1) is 11.6 Å². The highest BCUT2D eigenvalue weighted by molar-refractivity contribution is 5.78. The van der Waals surface area contributed by atoms with E-state index in [1.807, 2.05) is 0 Å². The van der Waals surface area contributed by atoms with E-state index in [0.29, 0.717) is 18.5 Å². The number of benzene rings is 1. The van der Waals surface area contributed by atoms with Crippen molar-refractivity contribution in [3.63, 3.8) is 0 Å². The van der Waals surface area contributed by atoms with E-state index in [2.05, 4.69) is 10.3 Å². The molecule has 15 heavy (non-hydrogen) atoms. The third-order valence-corrected chi connectivity index (χ3v) is 2.36. The fourth-order valence-electron chi connectivity index (χ4n) is 1.63. The van der Waals surface area contributed by atoms with Gasteiger partial charge in [0, 0.05) is 12.1 Å². The quantitative estimate of drug-likeness (QED) is 0.736. The Morgan fingerprint density at radius 2 is 2.20 bits per heavy atom. The zero-order valence-corrected chi connectivity index (χ0v) is 8.00. The predicted molar refractivity (Wildman–Crippen MR) is 53.3 cm³/mol. The van der Waals surface area contributed by atoms with Gasteiger partial charge in [-0.3, -0.25) is 4.99 Å². The SMILES string of the molecule is NC1=NCCC(c2cc(F)ccc2F)N1. The van der Waals surface area contributed by atoms with E-state index >= 15 is 0 Å². The molecule has 1 aromatic carbocycles. The maximum Gasteiger partial charge on any atom is 0.189 e. The lowest BCUT2D eigenvalue weighted by Crippen LogP contribution is -2.39. The smallest absolute Gasteiger partial charge is 0.189 e. The fraction of sp³-hybridized carbons (Fsp3) is 0.300. The highest BCUT2D eigenvalue weighted by Gasteiger charge is 2.19. The molecule has 1 aliphatic rings. The predicted octanol–water partition coefficient (Wildman–Crippen LogP) is 1.31. The summed E-state index contributed by atoms with van der Waals surface area (Å²) >= 11 is 0. The van der Waals surface area contributed by atoms with Gasteiger partial charge in [-0.05, 0) is 24.6 Å². The van der Waals surface area contributed by atoms with Gasteiger partial charge in [-0.15, -0.1) is 0 Å². The maximum absolute atomic E-state index is 13.4. The molecular formula is C10H11F2N3. The number of nitrogens with zero attached hydrogens (tertiary/aromatic N) is 1. The van der Waals surface area contributed by atoms with E-state index in [1.54, 1.807) is 0 Å². The van der Waals surface area contributed by atoms with Crippen LogP contribution in [0.25, 0.3) is 0 Å². The van der Waals surface area contributed by atoms with Crippen molar-refractivity contribution in [3.8, 4) is 0 Å². The standard InChI is InChI=1S/C10H11F2N3/c11-6-1-2-8(12)7(5-6)9-3-4-14-10(13)15-9/h1-2,5,9H,3-4H2,(H3,13,14,15). The fourth-order valence-corrected chi connectivity index (χ4v) is 1.63. The molecule has 1 unspecified atom stereocenters. The number of halogens is 2. The normalized spacial score (nSPS) is 20.7. The molecular weight excluding hydrogens is 200 g/mol. The Morgan fingerprint density at radius 3 is 2.93 bits per heavy atom. The number of guanidine groups is 1. The summed E-state index contributed by atoms with van der Waals surface area (Å²) in [6, 6.07) is 3.11. The molecule has 0 aromatic heterocycles. The Labute approximate surface area is 86.0 Å². The molecule has 3 nitrogen and oxygen atoms in total. The average molecular weight is 211 g/mol.